The van der Waals surface area contributed by atoms with Gasteiger partial charge in [-0.1, -0.05) is 12.1 Å². The van der Waals surface area contributed by atoms with Gasteiger partial charge in [-0.25, -0.2) is 0 Å². The van der Waals surface area contributed by atoms with E-state index in [4.69, 9.17) is 4.74 Å². The molecule has 1 atom stereocenters. The fraction of sp³-hybridized carbons (Fsp3) is 0.571. The van der Waals surface area contributed by atoms with Crippen molar-refractivity contribution >= 4 is 0 Å². The van der Waals surface area contributed by atoms with Crippen LogP contribution in [0.5, 0.6) is 5.75 Å². The molecule has 1 saturated heterocycles. The highest BCUT2D eigenvalue weighted by atomic mass is 16.5. The Labute approximate surface area is 162 Å². The van der Waals surface area contributed by atoms with Crippen LogP contribution in [0.25, 0.3) is 0 Å². The van der Waals surface area contributed by atoms with Crippen LogP contribution in [-0.2, 0) is 13.1 Å². The van der Waals surface area contributed by atoms with Crippen LogP contribution < -0.4 is 4.74 Å². The van der Waals surface area contributed by atoms with E-state index < -0.39 is 0 Å². The van der Waals surface area contributed by atoms with Gasteiger partial charge in [0.05, 0.1) is 6.61 Å². The van der Waals surface area contributed by atoms with Gasteiger partial charge in [0.25, 0.3) is 0 Å². The number of aromatic nitrogens is 2. The Bertz CT molecular complexity index is 645. The Morgan fingerprint density at radius 2 is 2.04 bits per heavy atom. The van der Waals surface area contributed by atoms with Crippen LogP contribution in [-0.4, -0.2) is 70.1 Å². The zero-order chi connectivity index (χ0) is 18.9. The van der Waals surface area contributed by atoms with E-state index in [9.17, 15) is 5.11 Å². The largest absolute Gasteiger partial charge is 0.494 e. The minimum Gasteiger partial charge on any atom is -0.494 e. The SMILES string of the molecule is CCOc1ccc(CN2CCN(CCCn3cccn3)CC2CCO)cc1. The third kappa shape index (κ3) is 6.06. The van der Waals surface area contributed by atoms with Crippen molar-refractivity contribution < 1.29 is 9.84 Å². The standard InChI is InChI=1S/C21H32N4O2/c1-2-27-21-7-5-19(6-8-21)17-24-15-14-23(18-20(24)9-16-26)11-4-13-25-12-3-10-22-25/h3,5-8,10,12,20,26H,2,4,9,11,13-18H2,1H3. The number of rotatable bonds is 10. The molecule has 0 aliphatic carbocycles. The van der Waals surface area contributed by atoms with Gasteiger partial charge >= 0.3 is 0 Å². The van der Waals surface area contributed by atoms with Crippen molar-refractivity contribution in [3.8, 4) is 5.75 Å². The first-order valence-electron chi connectivity index (χ1n) is 10.0. The van der Waals surface area contributed by atoms with Gasteiger partial charge in [-0.15, -0.1) is 0 Å². The molecule has 2 heterocycles. The molecule has 2 aromatic rings. The molecule has 6 heteroatoms. The maximum Gasteiger partial charge on any atom is 0.119 e. The second-order valence-corrected chi connectivity index (χ2v) is 7.14. The number of ether oxygens (including phenoxy) is 1. The van der Waals surface area contributed by atoms with E-state index in [2.05, 4.69) is 27.0 Å². The molecule has 27 heavy (non-hydrogen) atoms. The van der Waals surface area contributed by atoms with Gasteiger partial charge in [-0.3, -0.25) is 9.58 Å². The predicted octanol–water partition coefficient (Wildman–Crippen LogP) is 2.24. The predicted molar refractivity (Wildman–Crippen MR) is 107 cm³/mol. The number of aliphatic hydroxyl groups excluding tert-OH is 1. The number of hydrogen-bond acceptors (Lipinski definition) is 5. The number of nitrogens with zero attached hydrogens (tertiary/aromatic N) is 4. The van der Waals surface area contributed by atoms with Crippen LogP contribution in [0.2, 0.25) is 0 Å². The Morgan fingerprint density at radius 1 is 1.19 bits per heavy atom. The second-order valence-electron chi connectivity index (χ2n) is 7.14. The zero-order valence-electron chi connectivity index (χ0n) is 16.3. The average molecular weight is 373 g/mol. The van der Waals surface area contributed by atoms with Crippen LogP contribution in [0.15, 0.2) is 42.7 Å². The molecule has 0 bridgehead atoms. The monoisotopic (exact) mass is 372 g/mol. The first-order chi connectivity index (χ1) is 13.3. The smallest absolute Gasteiger partial charge is 0.119 e. The third-order valence-corrected chi connectivity index (χ3v) is 5.19. The summed E-state index contributed by atoms with van der Waals surface area (Å²) in [5.74, 6) is 0.926. The van der Waals surface area contributed by atoms with Crippen molar-refractivity contribution in [3.63, 3.8) is 0 Å². The minimum atomic E-state index is 0.242. The molecule has 1 unspecified atom stereocenters. The van der Waals surface area contributed by atoms with Crippen molar-refractivity contribution in [3.05, 3.63) is 48.3 Å². The molecule has 1 aromatic heterocycles. The summed E-state index contributed by atoms with van der Waals surface area (Å²) in [4.78, 5) is 5.04. The van der Waals surface area contributed by atoms with Gasteiger partial charge in [0.15, 0.2) is 0 Å². The van der Waals surface area contributed by atoms with E-state index in [-0.39, 0.29) is 6.61 Å². The van der Waals surface area contributed by atoms with E-state index in [0.29, 0.717) is 12.6 Å². The zero-order valence-corrected chi connectivity index (χ0v) is 16.3. The maximum atomic E-state index is 9.51. The highest BCUT2D eigenvalue weighted by Gasteiger charge is 2.26. The maximum absolute atomic E-state index is 9.51. The van der Waals surface area contributed by atoms with Crippen LogP contribution in [0.1, 0.15) is 25.3 Å². The normalized spacial score (nSPS) is 18.7. The quantitative estimate of drug-likeness (QED) is 0.693. The number of aryl methyl sites for hydroxylation is 1. The number of aliphatic hydroxyl groups is 1. The fourth-order valence-corrected chi connectivity index (χ4v) is 3.77. The van der Waals surface area contributed by atoms with Crippen LogP contribution in [0, 0.1) is 0 Å². The van der Waals surface area contributed by atoms with E-state index in [1.807, 2.05) is 42.2 Å². The molecule has 148 valence electrons. The summed E-state index contributed by atoms with van der Waals surface area (Å²) in [7, 11) is 0. The van der Waals surface area contributed by atoms with E-state index in [1.165, 1.54) is 5.56 Å². The summed E-state index contributed by atoms with van der Waals surface area (Å²) in [6, 6.07) is 10.8. The fourth-order valence-electron chi connectivity index (χ4n) is 3.77. The highest BCUT2D eigenvalue weighted by Crippen LogP contribution is 2.19. The molecule has 0 amide bonds. The van der Waals surface area contributed by atoms with Crippen LogP contribution in [0.3, 0.4) is 0 Å². The topological polar surface area (TPSA) is 53.8 Å². The van der Waals surface area contributed by atoms with Crippen molar-refractivity contribution in [1.82, 2.24) is 19.6 Å². The summed E-state index contributed by atoms with van der Waals surface area (Å²) in [6.07, 6.45) is 5.78. The van der Waals surface area contributed by atoms with E-state index >= 15 is 0 Å². The minimum absolute atomic E-state index is 0.242. The molecule has 1 N–H and O–H groups in total. The molecule has 0 saturated carbocycles. The lowest BCUT2D eigenvalue weighted by atomic mass is 10.1. The lowest BCUT2D eigenvalue weighted by Crippen LogP contribution is -2.53. The lowest BCUT2D eigenvalue weighted by Gasteiger charge is -2.41. The van der Waals surface area contributed by atoms with Crippen LogP contribution >= 0.6 is 0 Å². The van der Waals surface area contributed by atoms with Crippen molar-refractivity contribution in [2.45, 2.75) is 38.9 Å². The Balaban J connectivity index is 1.49. The summed E-state index contributed by atoms with van der Waals surface area (Å²) in [5.41, 5.74) is 1.30. The third-order valence-electron chi connectivity index (χ3n) is 5.19. The second kappa shape index (κ2) is 10.4. The van der Waals surface area contributed by atoms with Crippen LogP contribution in [0.4, 0.5) is 0 Å². The number of piperazine rings is 1. The Hall–Kier alpha value is -1.89. The molecule has 0 spiro atoms. The Morgan fingerprint density at radius 3 is 2.74 bits per heavy atom. The summed E-state index contributed by atoms with van der Waals surface area (Å²) >= 11 is 0. The summed E-state index contributed by atoms with van der Waals surface area (Å²) in [5, 5.41) is 13.8. The van der Waals surface area contributed by atoms with E-state index in [1.54, 1.807) is 0 Å². The van der Waals surface area contributed by atoms with E-state index in [0.717, 1.165) is 57.9 Å². The first-order valence-corrected chi connectivity index (χ1v) is 10.0. The van der Waals surface area contributed by atoms with Crippen molar-refractivity contribution in [2.24, 2.45) is 0 Å². The van der Waals surface area contributed by atoms with Crippen molar-refractivity contribution in [1.29, 1.82) is 0 Å². The molecule has 1 aromatic carbocycles. The number of benzene rings is 1. The molecule has 3 rings (SSSR count). The lowest BCUT2D eigenvalue weighted by molar-refractivity contribution is 0.0526. The van der Waals surface area contributed by atoms with Gasteiger partial charge in [0.1, 0.15) is 5.75 Å². The number of hydrogen-bond donors (Lipinski definition) is 1. The highest BCUT2D eigenvalue weighted by molar-refractivity contribution is 5.27. The van der Waals surface area contributed by atoms with Gasteiger partial charge in [0, 0.05) is 64.3 Å². The molecular formula is C21H32N4O2. The van der Waals surface area contributed by atoms with Crippen molar-refractivity contribution in [2.75, 3.05) is 39.4 Å². The van der Waals surface area contributed by atoms with Gasteiger partial charge in [0.2, 0.25) is 0 Å². The summed E-state index contributed by atoms with van der Waals surface area (Å²) < 4.78 is 7.52. The molecule has 1 aliphatic rings. The van der Waals surface area contributed by atoms with Gasteiger partial charge in [-0.2, -0.15) is 5.10 Å². The summed E-state index contributed by atoms with van der Waals surface area (Å²) in [6.45, 7) is 9.06. The first kappa shape index (κ1) is 19.9. The molecule has 1 fully saturated rings. The average Bonchev–Trinajstić information content (AvgIpc) is 3.19. The molecule has 0 radical (unpaired) electrons. The molecular weight excluding hydrogens is 340 g/mol. The molecule has 1 aliphatic heterocycles. The van der Waals surface area contributed by atoms with Gasteiger partial charge in [-0.05, 0) is 43.5 Å². The Kier molecular flexibility index (Phi) is 7.68. The molecule has 6 nitrogen and oxygen atoms in total. The van der Waals surface area contributed by atoms with Gasteiger partial charge < -0.3 is 14.7 Å².